The summed E-state index contributed by atoms with van der Waals surface area (Å²) in [7, 11) is 1.76. The van der Waals surface area contributed by atoms with Gasteiger partial charge in [-0.05, 0) is 42.0 Å². The van der Waals surface area contributed by atoms with Gasteiger partial charge in [-0.2, -0.15) is 0 Å². The third-order valence-electron chi connectivity index (χ3n) is 4.85. The molecule has 1 aromatic heterocycles. The van der Waals surface area contributed by atoms with Crippen molar-refractivity contribution in [2.75, 3.05) is 7.05 Å². The van der Waals surface area contributed by atoms with E-state index < -0.39 is 5.97 Å². The van der Waals surface area contributed by atoms with E-state index in [4.69, 9.17) is 21.7 Å². The third-order valence-corrected chi connectivity index (χ3v) is 5.34. The number of hydrogen-bond donors (Lipinski definition) is 1. The zero-order valence-corrected chi connectivity index (χ0v) is 16.9. The van der Waals surface area contributed by atoms with Crippen molar-refractivity contribution in [2.45, 2.75) is 6.54 Å². The molecule has 1 N–H and O–H groups in total. The van der Waals surface area contributed by atoms with Crippen LogP contribution in [0.3, 0.4) is 0 Å². The van der Waals surface area contributed by atoms with Crippen LogP contribution in [0.5, 0.6) is 0 Å². The monoisotopic (exact) mass is 418 g/mol. The summed E-state index contributed by atoms with van der Waals surface area (Å²) < 4.78 is 5.85. The van der Waals surface area contributed by atoms with Gasteiger partial charge in [-0.25, -0.2) is 4.79 Å². The molecule has 0 atom stereocenters. The van der Waals surface area contributed by atoms with Gasteiger partial charge in [-0.3, -0.25) is 9.69 Å². The highest BCUT2D eigenvalue weighted by Crippen LogP contribution is 2.27. The first-order valence-corrected chi connectivity index (χ1v) is 9.63. The quantitative estimate of drug-likeness (QED) is 0.493. The van der Waals surface area contributed by atoms with Gasteiger partial charge < -0.3 is 14.4 Å². The maximum atomic E-state index is 12.9. The van der Waals surface area contributed by atoms with Crippen LogP contribution in [0.2, 0.25) is 0 Å². The Bertz CT molecular complexity index is 1150. The number of amides is 1. The number of hydrogen-bond acceptors (Lipinski definition) is 4. The van der Waals surface area contributed by atoms with Crippen molar-refractivity contribution in [3.8, 4) is 11.3 Å². The van der Waals surface area contributed by atoms with E-state index >= 15 is 0 Å². The van der Waals surface area contributed by atoms with Gasteiger partial charge in [-0.15, -0.1) is 0 Å². The summed E-state index contributed by atoms with van der Waals surface area (Å²) in [4.78, 5) is 27.2. The van der Waals surface area contributed by atoms with Crippen LogP contribution in [0.25, 0.3) is 17.4 Å². The molecule has 1 aliphatic heterocycles. The van der Waals surface area contributed by atoms with Crippen LogP contribution >= 0.6 is 12.2 Å². The number of carboxylic acid groups (broad SMARTS) is 1. The molecule has 1 amide bonds. The molecule has 30 heavy (non-hydrogen) atoms. The second kappa shape index (κ2) is 7.96. The zero-order chi connectivity index (χ0) is 21.3. The lowest BCUT2D eigenvalue weighted by molar-refractivity contribution is -0.122. The Kier molecular flexibility index (Phi) is 5.20. The lowest BCUT2D eigenvalue weighted by Crippen LogP contribution is -2.30. The van der Waals surface area contributed by atoms with Gasteiger partial charge in [0.1, 0.15) is 17.2 Å². The van der Waals surface area contributed by atoms with Gasteiger partial charge in [-0.1, -0.05) is 42.5 Å². The van der Waals surface area contributed by atoms with E-state index in [-0.39, 0.29) is 11.5 Å². The van der Waals surface area contributed by atoms with Gasteiger partial charge in [0.15, 0.2) is 5.11 Å². The summed E-state index contributed by atoms with van der Waals surface area (Å²) in [6.45, 7) is 0.402. The van der Waals surface area contributed by atoms with E-state index in [1.54, 1.807) is 47.2 Å². The van der Waals surface area contributed by atoms with Gasteiger partial charge in [0, 0.05) is 18.7 Å². The second-order valence-corrected chi connectivity index (χ2v) is 7.20. The molecule has 7 heteroatoms. The second-order valence-electron chi connectivity index (χ2n) is 6.83. The predicted molar refractivity (Wildman–Crippen MR) is 116 cm³/mol. The van der Waals surface area contributed by atoms with Crippen molar-refractivity contribution in [3.63, 3.8) is 0 Å². The van der Waals surface area contributed by atoms with Crippen molar-refractivity contribution >= 4 is 35.3 Å². The molecular formula is C23H18N2O4S. The fourth-order valence-corrected chi connectivity index (χ4v) is 3.46. The van der Waals surface area contributed by atoms with Crippen LogP contribution in [0.15, 0.2) is 76.8 Å². The smallest absolute Gasteiger partial charge is 0.335 e. The van der Waals surface area contributed by atoms with Crippen LogP contribution in [0.4, 0.5) is 0 Å². The SMILES string of the molecule is CN1C(=S)N(Cc2ccccc2)C(=O)/C1=C/c1ccc(-c2ccc(C(=O)O)cc2)o1. The molecule has 0 aliphatic carbocycles. The van der Waals surface area contributed by atoms with Gasteiger partial charge in [0.25, 0.3) is 5.91 Å². The Balaban J connectivity index is 1.56. The van der Waals surface area contributed by atoms with Crippen molar-refractivity contribution in [1.82, 2.24) is 9.80 Å². The minimum Gasteiger partial charge on any atom is -0.478 e. The van der Waals surface area contributed by atoms with Crippen molar-refractivity contribution in [1.29, 1.82) is 0 Å². The van der Waals surface area contributed by atoms with E-state index in [0.29, 0.717) is 28.9 Å². The molecule has 1 fully saturated rings. The normalized spacial score (nSPS) is 15.3. The molecule has 3 aromatic rings. The highest BCUT2D eigenvalue weighted by Gasteiger charge is 2.35. The number of carboxylic acids is 1. The summed E-state index contributed by atoms with van der Waals surface area (Å²) in [5.41, 5.74) is 2.38. The molecule has 0 spiro atoms. The predicted octanol–water partition coefficient (Wildman–Crippen LogP) is 4.24. The number of carbonyl (C=O) groups is 2. The summed E-state index contributed by atoms with van der Waals surface area (Å²) >= 11 is 5.46. The molecule has 0 unspecified atom stereocenters. The molecule has 1 aliphatic rings. The van der Waals surface area contributed by atoms with E-state index in [0.717, 1.165) is 11.1 Å². The first-order chi connectivity index (χ1) is 14.4. The number of nitrogens with zero attached hydrogens (tertiary/aromatic N) is 2. The Morgan fingerprint density at radius 1 is 1.07 bits per heavy atom. The molecule has 0 bridgehead atoms. The molecule has 0 saturated carbocycles. The van der Waals surface area contributed by atoms with Gasteiger partial charge in [0.2, 0.25) is 0 Å². The molecule has 4 rings (SSSR count). The van der Waals surface area contributed by atoms with Gasteiger partial charge >= 0.3 is 5.97 Å². The lowest BCUT2D eigenvalue weighted by atomic mass is 10.1. The van der Waals surface area contributed by atoms with Gasteiger partial charge in [0.05, 0.1) is 12.1 Å². The van der Waals surface area contributed by atoms with Crippen LogP contribution < -0.4 is 0 Å². The molecule has 2 aromatic carbocycles. The Morgan fingerprint density at radius 2 is 1.77 bits per heavy atom. The van der Waals surface area contributed by atoms with E-state index in [2.05, 4.69) is 0 Å². The zero-order valence-electron chi connectivity index (χ0n) is 16.1. The molecular weight excluding hydrogens is 400 g/mol. The van der Waals surface area contributed by atoms with Crippen LogP contribution in [0, 0.1) is 0 Å². The number of benzene rings is 2. The fraction of sp³-hybridized carbons (Fsp3) is 0.0870. The molecule has 6 nitrogen and oxygen atoms in total. The summed E-state index contributed by atoms with van der Waals surface area (Å²) in [6.07, 6.45) is 1.66. The van der Waals surface area contributed by atoms with Crippen LogP contribution in [-0.2, 0) is 11.3 Å². The van der Waals surface area contributed by atoms with Crippen molar-refractivity contribution < 1.29 is 19.1 Å². The number of carbonyl (C=O) groups excluding carboxylic acids is 1. The van der Waals surface area contributed by atoms with E-state index in [9.17, 15) is 9.59 Å². The summed E-state index contributed by atoms with van der Waals surface area (Å²) in [5, 5.41) is 9.45. The summed E-state index contributed by atoms with van der Waals surface area (Å²) in [5.74, 6) is -0.0807. The lowest BCUT2D eigenvalue weighted by Gasteiger charge is -2.16. The van der Waals surface area contributed by atoms with Crippen molar-refractivity contribution in [2.24, 2.45) is 0 Å². The van der Waals surface area contributed by atoms with E-state index in [1.165, 1.54) is 12.1 Å². The van der Waals surface area contributed by atoms with Crippen LogP contribution in [-0.4, -0.2) is 38.9 Å². The summed E-state index contributed by atoms with van der Waals surface area (Å²) in [6, 6.07) is 19.6. The Hall–Kier alpha value is -3.71. The average molecular weight is 418 g/mol. The van der Waals surface area contributed by atoms with Crippen LogP contribution in [0.1, 0.15) is 21.7 Å². The Morgan fingerprint density at radius 3 is 2.43 bits per heavy atom. The minimum absolute atomic E-state index is 0.185. The standard InChI is InChI=1S/C23H18N2O4S/c1-24-19(21(26)25(23(24)30)14-15-5-3-2-4-6-15)13-18-11-12-20(29-18)16-7-9-17(10-8-16)22(27)28/h2-13H,14H2,1H3,(H,27,28)/b19-13-. The molecule has 1 saturated heterocycles. The highest BCUT2D eigenvalue weighted by atomic mass is 32.1. The maximum Gasteiger partial charge on any atom is 0.335 e. The average Bonchev–Trinajstić information content (AvgIpc) is 3.30. The number of rotatable bonds is 5. The maximum absolute atomic E-state index is 12.9. The minimum atomic E-state index is -0.981. The number of furan rings is 1. The molecule has 0 radical (unpaired) electrons. The first-order valence-electron chi connectivity index (χ1n) is 9.23. The number of aromatic carboxylic acids is 1. The Labute approximate surface area is 178 Å². The highest BCUT2D eigenvalue weighted by molar-refractivity contribution is 7.80. The topological polar surface area (TPSA) is 74.0 Å². The number of thiocarbonyl (C=S) groups is 1. The largest absolute Gasteiger partial charge is 0.478 e. The molecule has 2 heterocycles. The van der Waals surface area contributed by atoms with Crippen molar-refractivity contribution in [3.05, 3.63) is 89.3 Å². The number of likely N-dealkylation sites (N-methyl/N-ethyl adjacent to an activating group) is 1. The third kappa shape index (κ3) is 3.75. The van der Waals surface area contributed by atoms with E-state index in [1.807, 2.05) is 30.3 Å². The molecule has 150 valence electrons. The first kappa shape index (κ1) is 19.6. The fourth-order valence-electron chi connectivity index (χ4n) is 3.21.